The van der Waals surface area contributed by atoms with E-state index in [2.05, 4.69) is 15.0 Å². The highest BCUT2D eigenvalue weighted by molar-refractivity contribution is 7.71. The standard InChI is InChI=1S/C12H16N4O2S/c17-9(18)5-3-1-2-4-6-16-8-15-10-11(16)13-7-14-12(10)19/h7-8H,1-6H2,(H,17,18)(H,13,14,19). The van der Waals surface area contributed by atoms with Gasteiger partial charge in [-0.05, 0) is 12.8 Å². The lowest BCUT2D eigenvalue weighted by Crippen LogP contribution is -1.98. The normalized spacial score (nSPS) is 10.9. The van der Waals surface area contributed by atoms with Crippen molar-refractivity contribution in [3.05, 3.63) is 17.3 Å². The first-order chi connectivity index (χ1) is 9.18. The summed E-state index contributed by atoms with van der Waals surface area (Å²) in [6.45, 7) is 0.846. The highest BCUT2D eigenvalue weighted by Crippen LogP contribution is 2.11. The zero-order chi connectivity index (χ0) is 13.7. The summed E-state index contributed by atoms with van der Waals surface area (Å²) in [5.41, 5.74) is 1.62. The Kier molecular flexibility index (Phi) is 4.62. The monoisotopic (exact) mass is 280 g/mol. The van der Waals surface area contributed by atoms with Gasteiger partial charge in [-0.2, -0.15) is 0 Å². The maximum absolute atomic E-state index is 10.4. The minimum absolute atomic E-state index is 0.257. The van der Waals surface area contributed by atoms with Crippen LogP contribution in [-0.4, -0.2) is 30.6 Å². The zero-order valence-corrected chi connectivity index (χ0v) is 11.3. The number of H-pyrrole nitrogens is 1. The van der Waals surface area contributed by atoms with Crippen molar-refractivity contribution in [2.24, 2.45) is 0 Å². The van der Waals surface area contributed by atoms with Crippen molar-refractivity contribution in [1.82, 2.24) is 19.5 Å². The molecule has 0 bridgehead atoms. The fraction of sp³-hybridized carbons (Fsp3) is 0.500. The molecule has 2 rings (SSSR count). The molecule has 0 unspecified atom stereocenters. The van der Waals surface area contributed by atoms with E-state index in [1.165, 1.54) is 0 Å². The van der Waals surface area contributed by atoms with E-state index < -0.39 is 5.97 Å². The Morgan fingerprint density at radius 1 is 1.32 bits per heavy atom. The number of hydrogen-bond acceptors (Lipinski definition) is 4. The van der Waals surface area contributed by atoms with Crippen molar-refractivity contribution in [3.63, 3.8) is 0 Å². The molecule has 102 valence electrons. The van der Waals surface area contributed by atoms with Crippen molar-refractivity contribution in [2.75, 3.05) is 0 Å². The predicted octanol–water partition coefficient (Wildman–Crippen LogP) is 2.52. The van der Waals surface area contributed by atoms with Gasteiger partial charge in [-0.1, -0.05) is 25.1 Å². The van der Waals surface area contributed by atoms with E-state index in [0.29, 0.717) is 4.64 Å². The fourth-order valence-electron chi connectivity index (χ4n) is 1.98. The van der Waals surface area contributed by atoms with Crippen LogP contribution < -0.4 is 0 Å². The van der Waals surface area contributed by atoms with Gasteiger partial charge >= 0.3 is 5.97 Å². The third-order valence-corrected chi connectivity index (χ3v) is 3.26. The molecule has 0 aromatic carbocycles. The predicted molar refractivity (Wildman–Crippen MR) is 73.4 cm³/mol. The molecule has 2 N–H and O–H groups in total. The Morgan fingerprint density at radius 2 is 2.11 bits per heavy atom. The van der Waals surface area contributed by atoms with Crippen LogP contribution in [-0.2, 0) is 11.3 Å². The molecule has 6 nitrogen and oxygen atoms in total. The topological polar surface area (TPSA) is 83.8 Å². The minimum atomic E-state index is -0.722. The fourth-order valence-corrected chi connectivity index (χ4v) is 2.19. The summed E-state index contributed by atoms with van der Waals surface area (Å²) in [7, 11) is 0. The van der Waals surface area contributed by atoms with Crippen molar-refractivity contribution in [2.45, 2.75) is 38.6 Å². The number of nitrogens with zero attached hydrogens (tertiary/aromatic N) is 3. The lowest BCUT2D eigenvalue weighted by molar-refractivity contribution is -0.137. The van der Waals surface area contributed by atoms with E-state index in [1.807, 2.05) is 4.57 Å². The van der Waals surface area contributed by atoms with Gasteiger partial charge in [-0.3, -0.25) is 4.79 Å². The Balaban J connectivity index is 1.84. The molecule has 0 saturated carbocycles. The first-order valence-electron chi connectivity index (χ1n) is 6.29. The number of aryl methyl sites for hydroxylation is 1. The quantitative estimate of drug-likeness (QED) is 0.601. The number of nitrogens with one attached hydrogen (secondary N) is 1. The summed E-state index contributed by atoms with van der Waals surface area (Å²) in [5, 5.41) is 8.53. The Bertz CT molecular complexity index is 619. The highest BCUT2D eigenvalue weighted by Gasteiger charge is 2.04. The van der Waals surface area contributed by atoms with Gasteiger partial charge in [0, 0.05) is 13.0 Å². The number of rotatable bonds is 7. The molecule has 2 aromatic heterocycles. The van der Waals surface area contributed by atoms with Crippen LogP contribution in [0.4, 0.5) is 0 Å². The number of aliphatic carboxylic acids is 1. The SMILES string of the molecule is O=C(O)CCCCCCn1cnc2c(=S)nc[nH]c21. The van der Waals surface area contributed by atoms with Gasteiger partial charge in [0.05, 0.1) is 12.7 Å². The summed E-state index contributed by atoms with van der Waals surface area (Å²) >= 11 is 5.10. The van der Waals surface area contributed by atoms with Crippen molar-refractivity contribution in [1.29, 1.82) is 0 Å². The van der Waals surface area contributed by atoms with E-state index in [-0.39, 0.29) is 6.42 Å². The molecule has 0 radical (unpaired) electrons. The van der Waals surface area contributed by atoms with E-state index in [4.69, 9.17) is 17.3 Å². The number of aromatic amines is 1. The number of aromatic nitrogens is 4. The molecule has 0 aliphatic rings. The number of fused-ring (bicyclic) bond motifs is 1. The van der Waals surface area contributed by atoms with E-state index in [9.17, 15) is 4.79 Å². The van der Waals surface area contributed by atoms with Gasteiger partial charge in [0.2, 0.25) is 0 Å². The van der Waals surface area contributed by atoms with E-state index >= 15 is 0 Å². The molecule has 0 spiro atoms. The second-order valence-corrected chi connectivity index (χ2v) is 4.79. The summed E-state index contributed by atoms with van der Waals surface area (Å²) in [4.78, 5) is 21.6. The first-order valence-corrected chi connectivity index (χ1v) is 6.69. The second-order valence-electron chi connectivity index (χ2n) is 4.40. The number of hydrogen-bond donors (Lipinski definition) is 2. The van der Waals surface area contributed by atoms with Crippen LogP contribution in [0.15, 0.2) is 12.7 Å². The van der Waals surface area contributed by atoms with Gasteiger partial charge in [0.25, 0.3) is 0 Å². The number of carbonyl (C=O) groups is 1. The Hall–Kier alpha value is -1.76. The zero-order valence-electron chi connectivity index (χ0n) is 10.5. The molecule has 0 aliphatic heterocycles. The minimum Gasteiger partial charge on any atom is -0.481 e. The third-order valence-electron chi connectivity index (χ3n) is 2.96. The number of carboxylic acids is 1. The summed E-state index contributed by atoms with van der Waals surface area (Å²) in [5.74, 6) is -0.722. The summed E-state index contributed by atoms with van der Waals surface area (Å²) < 4.78 is 2.53. The average Bonchev–Trinajstić information content (AvgIpc) is 2.78. The second kappa shape index (κ2) is 6.42. The van der Waals surface area contributed by atoms with Gasteiger partial charge < -0.3 is 14.7 Å². The molecule has 0 fully saturated rings. The molecule has 0 aliphatic carbocycles. The Labute approximate surface area is 115 Å². The van der Waals surface area contributed by atoms with Gasteiger partial charge in [-0.25, -0.2) is 9.97 Å². The third kappa shape index (κ3) is 3.60. The van der Waals surface area contributed by atoms with Crippen LogP contribution >= 0.6 is 12.2 Å². The first kappa shape index (κ1) is 13.7. The number of unbranched alkanes of at least 4 members (excludes halogenated alkanes) is 3. The lowest BCUT2D eigenvalue weighted by Gasteiger charge is -2.03. The van der Waals surface area contributed by atoms with Gasteiger partial charge in [0.15, 0.2) is 4.64 Å². The number of carboxylic acid groups (broad SMARTS) is 1. The molecular weight excluding hydrogens is 264 g/mol. The molecule has 7 heteroatoms. The van der Waals surface area contributed by atoms with Crippen LogP contribution in [0.2, 0.25) is 0 Å². The van der Waals surface area contributed by atoms with Gasteiger partial charge in [0.1, 0.15) is 11.2 Å². The van der Waals surface area contributed by atoms with E-state index in [0.717, 1.165) is 43.4 Å². The molecule has 2 heterocycles. The average molecular weight is 280 g/mol. The molecular formula is C12H16N4O2S. The smallest absolute Gasteiger partial charge is 0.303 e. The van der Waals surface area contributed by atoms with Crippen LogP contribution in [0.5, 0.6) is 0 Å². The molecule has 19 heavy (non-hydrogen) atoms. The molecule has 0 atom stereocenters. The lowest BCUT2D eigenvalue weighted by atomic mass is 10.1. The van der Waals surface area contributed by atoms with Crippen LogP contribution in [0.3, 0.4) is 0 Å². The van der Waals surface area contributed by atoms with Crippen LogP contribution in [0.25, 0.3) is 11.2 Å². The van der Waals surface area contributed by atoms with Gasteiger partial charge in [-0.15, -0.1) is 0 Å². The molecule has 0 saturated heterocycles. The van der Waals surface area contributed by atoms with Crippen molar-refractivity contribution < 1.29 is 9.90 Å². The van der Waals surface area contributed by atoms with Crippen LogP contribution in [0.1, 0.15) is 32.1 Å². The maximum Gasteiger partial charge on any atom is 0.303 e. The Morgan fingerprint density at radius 3 is 2.89 bits per heavy atom. The van der Waals surface area contributed by atoms with Crippen LogP contribution in [0, 0.1) is 4.64 Å². The molecule has 0 amide bonds. The summed E-state index contributed by atoms with van der Waals surface area (Å²) in [6, 6.07) is 0. The largest absolute Gasteiger partial charge is 0.481 e. The number of imidazole rings is 1. The summed E-state index contributed by atoms with van der Waals surface area (Å²) in [6.07, 6.45) is 7.29. The highest BCUT2D eigenvalue weighted by atomic mass is 32.1. The van der Waals surface area contributed by atoms with Crippen molar-refractivity contribution in [3.8, 4) is 0 Å². The van der Waals surface area contributed by atoms with E-state index in [1.54, 1.807) is 12.7 Å². The molecule has 2 aromatic rings. The maximum atomic E-state index is 10.4. The van der Waals surface area contributed by atoms with Crippen molar-refractivity contribution >= 4 is 29.4 Å².